The number of aromatic nitrogens is 2. The highest BCUT2D eigenvalue weighted by Crippen LogP contribution is 2.36. The van der Waals surface area contributed by atoms with Gasteiger partial charge in [0, 0.05) is 48.0 Å². The maximum Gasteiger partial charge on any atom is 0.417 e. The van der Waals surface area contributed by atoms with Gasteiger partial charge in [-0.1, -0.05) is 23.7 Å². The van der Waals surface area contributed by atoms with Crippen molar-refractivity contribution in [1.29, 1.82) is 0 Å². The Kier molecular flexibility index (Phi) is 8.69. The number of nitrogens with zero attached hydrogens (tertiary/aromatic N) is 2. The molecule has 3 amide bonds. The van der Waals surface area contributed by atoms with E-state index >= 15 is 0 Å². The maximum atomic E-state index is 13.1. The molecule has 0 aliphatic rings. The van der Waals surface area contributed by atoms with E-state index in [-0.39, 0.29) is 18.4 Å². The van der Waals surface area contributed by atoms with Crippen molar-refractivity contribution in [3.05, 3.63) is 77.7 Å². The summed E-state index contributed by atoms with van der Waals surface area (Å²) < 4.78 is 50.9. The summed E-state index contributed by atoms with van der Waals surface area (Å²) in [6, 6.07) is 10.4. The highest BCUT2D eigenvalue weighted by atomic mass is 35.5. The molecule has 39 heavy (non-hydrogen) atoms. The first kappa shape index (κ1) is 27.9. The van der Waals surface area contributed by atoms with Crippen LogP contribution in [0.3, 0.4) is 0 Å². The van der Waals surface area contributed by atoms with E-state index in [0.29, 0.717) is 24.4 Å². The molecule has 0 atom stereocenters. The first-order chi connectivity index (χ1) is 18.7. The Morgan fingerprint density at radius 3 is 2.46 bits per heavy atom. The van der Waals surface area contributed by atoms with E-state index in [1.165, 1.54) is 10.6 Å². The third kappa shape index (κ3) is 6.85. The molecule has 0 aliphatic heterocycles. The first-order valence-corrected chi connectivity index (χ1v) is 11.9. The van der Waals surface area contributed by atoms with Crippen LogP contribution in [0, 0.1) is 0 Å². The van der Waals surface area contributed by atoms with Gasteiger partial charge in [-0.15, -0.1) is 0 Å². The number of rotatable bonds is 8. The van der Waals surface area contributed by atoms with Crippen molar-refractivity contribution >= 4 is 45.9 Å². The number of carbonyl (C=O) groups is 2. The van der Waals surface area contributed by atoms with E-state index in [1.807, 2.05) is 0 Å². The predicted octanol–water partition coefficient (Wildman–Crippen LogP) is 6.20. The van der Waals surface area contributed by atoms with E-state index < -0.39 is 22.8 Å². The summed E-state index contributed by atoms with van der Waals surface area (Å²) in [6.07, 6.45) is 0.238. The molecule has 0 fully saturated rings. The molecule has 0 aliphatic carbocycles. The van der Waals surface area contributed by atoms with Gasteiger partial charge in [0.2, 0.25) is 0 Å². The minimum Gasteiger partial charge on any atom is -0.382 e. The molecular formula is C26H23ClF3N5O4. The van der Waals surface area contributed by atoms with Crippen LogP contribution in [0.25, 0.3) is 22.0 Å². The zero-order valence-corrected chi connectivity index (χ0v) is 21.3. The van der Waals surface area contributed by atoms with Crippen LogP contribution in [0.15, 0.2) is 67.1 Å². The average Bonchev–Trinajstić information content (AvgIpc) is 3.29. The number of pyridine rings is 1. The number of hydrogen-bond acceptors (Lipinski definition) is 5. The van der Waals surface area contributed by atoms with Crippen molar-refractivity contribution in [2.75, 3.05) is 37.7 Å². The largest absolute Gasteiger partial charge is 0.417 e. The average molecular weight is 562 g/mol. The summed E-state index contributed by atoms with van der Waals surface area (Å²) in [6.45, 7) is 0.758. The minimum absolute atomic E-state index is 0.0122. The number of amides is 3. The number of alkyl halides is 3. The zero-order chi connectivity index (χ0) is 28.0. The van der Waals surface area contributed by atoms with Gasteiger partial charge in [0.15, 0.2) is 0 Å². The quantitative estimate of drug-likeness (QED) is 0.175. The summed E-state index contributed by atoms with van der Waals surface area (Å²) in [7, 11) is 1.55. The Morgan fingerprint density at radius 2 is 1.74 bits per heavy atom. The smallest absolute Gasteiger partial charge is 0.382 e. The molecular weight excluding hydrogens is 539 g/mol. The fraction of sp³-hybridized carbons (Fsp3) is 0.192. The SMILES string of the molecule is COCCOCNC(=O)n1cc(-c2ccc(NC(=O)Nc3ccc(Cl)c(C(F)(F)F)c3)cc2)c2cnccc21. The lowest BCUT2D eigenvalue weighted by molar-refractivity contribution is -0.137. The molecule has 204 valence electrons. The zero-order valence-electron chi connectivity index (χ0n) is 20.5. The Labute approximate surface area is 225 Å². The number of carbonyl (C=O) groups excluding carboxylic acids is 2. The first-order valence-electron chi connectivity index (χ1n) is 11.5. The molecule has 0 saturated carbocycles. The van der Waals surface area contributed by atoms with Crippen LogP contribution in [0.1, 0.15) is 5.56 Å². The number of halogens is 4. The summed E-state index contributed by atoms with van der Waals surface area (Å²) in [5.74, 6) is 0. The van der Waals surface area contributed by atoms with Crippen LogP contribution in [-0.4, -0.2) is 48.7 Å². The second-order valence-corrected chi connectivity index (χ2v) is 8.59. The van der Waals surface area contributed by atoms with Gasteiger partial charge < -0.3 is 25.4 Å². The van der Waals surface area contributed by atoms with Crippen LogP contribution in [0.5, 0.6) is 0 Å². The molecule has 2 aromatic heterocycles. The summed E-state index contributed by atoms with van der Waals surface area (Å²) in [5.41, 5.74) is 1.39. The number of benzene rings is 2. The number of ether oxygens (including phenoxy) is 2. The molecule has 0 spiro atoms. The van der Waals surface area contributed by atoms with E-state index in [4.69, 9.17) is 21.1 Å². The standard InChI is InChI=1S/C26H23ClF3N5O4/c1-38-10-11-39-15-32-25(37)35-14-20(19-13-31-9-8-23(19)35)16-2-4-17(5-3-16)33-24(36)34-18-6-7-22(27)21(12-18)26(28,29)30/h2-9,12-14H,10-11,15H2,1H3,(H,32,37)(H2,33,34,36). The monoisotopic (exact) mass is 561 g/mol. The molecule has 4 rings (SSSR count). The number of nitrogens with one attached hydrogen (secondary N) is 3. The van der Waals surface area contributed by atoms with Crippen LogP contribution in [-0.2, 0) is 15.7 Å². The van der Waals surface area contributed by atoms with Crippen LogP contribution >= 0.6 is 11.6 Å². The van der Waals surface area contributed by atoms with Gasteiger partial charge in [-0.25, -0.2) is 9.59 Å². The Hall–Kier alpha value is -4.13. The van der Waals surface area contributed by atoms with Crippen molar-refractivity contribution in [3.8, 4) is 11.1 Å². The van der Waals surface area contributed by atoms with Crippen LogP contribution in [0.2, 0.25) is 5.02 Å². The van der Waals surface area contributed by atoms with Crippen molar-refractivity contribution < 1.29 is 32.2 Å². The lowest BCUT2D eigenvalue weighted by Gasteiger charge is -2.12. The van der Waals surface area contributed by atoms with Crippen molar-refractivity contribution in [3.63, 3.8) is 0 Å². The maximum absolute atomic E-state index is 13.1. The number of urea groups is 1. The molecule has 0 unspecified atom stereocenters. The third-order valence-electron chi connectivity index (χ3n) is 5.57. The highest BCUT2D eigenvalue weighted by Gasteiger charge is 2.33. The van der Waals surface area contributed by atoms with Gasteiger partial charge in [-0.2, -0.15) is 13.2 Å². The van der Waals surface area contributed by atoms with Crippen molar-refractivity contribution in [2.45, 2.75) is 6.18 Å². The fourth-order valence-corrected chi connectivity index (χ4v) is 3.95. The van der Waals surface area contributed by atoms with Gasteiger partial charge in [0.05, 0.1) is 29.3 Å². The Morgan fingerprint density at radius 1 is 1.03 bits per heavy atom. The van der Waals surface area contributed by atoms with Gasteiger partial charge >= 0.3 is 18.2 Å². The van der Waals surface area contributed by atoms with E-state index in [9.17, 15) is 22.8 Å². The molecule has 3 N–H and O–H groups in total. The number of hydrogen-bond donors (Lipinski definition) is 3. The van der Waals surface area contributed by atoms with Gasteiger partial charge in [-0.3, -0.25) is 9.55 Å². The van der Waals surface area contributed by atoms with Gasteiger partial charge in [0.1, 0.15) is 6.73 Å². The van der Waals surface area contributed by atoms with Gasteiger partial charge in [0.25, 0.3) is 0 Å². The lowest BCUT2D eigenvalue weighted by atomic mass is 10.1. The fourth-order valence-electron chi connectivity index (χ4n) is 3.73. The lowest BCUT2D eigenvalue weighted by Crippen LogP contribution is -2.30. The molecule has 13 heteroatoms. The summed E-state index contributed by atoms with van der Waals surface area (Å²) in [5, 5.41) is 7.88. The molecule has 0 saturated heterocycles. The van der Waals surface area contributed by atoms with E-state index in [0.717, 1.165) is 28.6 Å². The molecule has 2 aromatic carbocycles. The Balaban J connectivity index is 1.46. The van der Waals surface area contributed by atoms with Crippen molar-refractivity contribution in [2.24, 2.45) is 0 Å². The molecule has 0 radical (unpaired) electrons. The number of fused-ring (bicyclic) bond motifs is 1. The second-order valence-electron chi connectivity index (χ2n) is 8.18. The molecule has 2 heterocycles. The topological polar surface area (TPSA) is 107 Å². The molecule has 0 bridgehead atoms. The minimum atomic E-state index is -4.65. The Bertz CT molecular complexity index is 1470. The molecule has 9 nitrogen and oxygen atoms in total. The number of anilines is 2. The van der Waals surface area contributed by atoms with E-state index in [1.54, 1.807) is 56.0 Å². The predicted molar refractivity (Wildman–Crippen MR) is 141 cm³/mol. The number of methoxy groups -OCH3 is 1. The summed E-state index contributed by atoms with van der Waals surface area (Å²) >= 11 is 5.62. The summed E-state index contributed by atoms with van der Waals surface area (Å²) in [4.78, 5) is 29.3. The van der Waals surface area contributed by atoms with Gasteiger partial charge in [-0.05, 0) is 42.0 Å². The highest BCUT2D eigenvalue weighted by molar-refractivity contribution is 6.31. The van der Waals surface area contributed by atoms with Crippen LogP contribution in [0.4, 0.5) is 34.1 Å². The second kappa shape index (κ2) is 12.2. The van der Waals surface area contributed by atoms with E-state index in [2.05, 4.69) is 20.9 Å². The van der Waals surface area contributed by atoms with Crippen molar-refractivity contribution in [1.82, 2.24) is 14.9 Å². The normalized spacial score (nSPS) is 11.4. The molecule has 4 aromatic rings. The van der Waals surface area contributed by atoms with Crippen LogP contribution < -0.4 is 16.0 Å². The third-order valence-corrected chi connectivity index (χ3v) is 5.90.